The Bertz CT molecular complexity index is 545. The van der Waals surface area contributed by atoms with Crippen molar-refractivity contribution in [1.82, 2.24) is 5.32 Å². The molecule has 0 aromatic heterocycles. The van der Waals surface area contributed by atoms with E-state index in [0.717, 1.165) is 0 Å². The summed E-state index contributed by atoms with van der Waals surface area (Å²) in [5, 5.41) is 22.0. The van der Waals surface area contributed by atoms with Crippen molar-refractivity contribution in [3.05, 3.63) is 39.9 Å². The van der Waals surface area contributed by atoms with Crippen molar-refractivity contribution in [2.24, 2.45) is 0 Å². The fraction of sp³-hybridized carbons (Fsp3) is 0.385. The molecule has 2 unspecified atom stereocenters. The molecule has 2 atom stereocenters. The molecule has 0 heterocycles. The number of carbonyl (C=O) groups is 2. The van der Waals surface area contributed by atoms with Gasteiger partial charge in [0, 0.05) is 19.2 Å². The lowest BCUT2D eigenvalue weighted by molar-refractivity contribution is -0.384. The van der Waals surface area contributed by atoms with Crippen molar-refractivity contribution in [2.45, 2.75) is 18.9 Å². The summed E-state index contributed by atoms with van der Waals surface area (Å²) in [7, 11) is 1.33. The third-order valence-electron chi connectivity index (χ3n) is 2.92. The number of nitro benzene ring substituents is 1. The predicted molar refractivity (Wildman–Crippen MR) is 73.0 cm³/mol. The molecular formula is C13H16N2O6. The van der Waals surface area contributed by atoms with Crippen LogP contribution < -0.4 is 5.32 Å². The molecule has 21 heavy (non-hydrogen) atoms. The molecule has 114 valence electrons. The Labute approximate surface area is 120 Å². The number of nitro groups is 1. The molecule has 1 amide bonds. The van der Waals surface area contributed by atoms with Gasteiger partial charge < -0.3 is 15.2 Å². The van der Waals surface area contributed by atoms with Gasteiger partial charge in [0.25, 0.3) is 5.69 Å². The maximum atomic E-state index is 12.0. The fourth-order valence-corrected chi connectivity index (χ4v) is 1.70. The van der Waals surface area contributed by atoms with Gasteiger partial charge in [-0.2, -0.15) is 0 Å². The number of ether oxygens (including phenoxy) is 1. The number of nitrogens with one attached hydrogen (secondary N) is 1. The van der Waals surface area contributed by atoms with E-state index in [-0.39, 0.29) is 12.3 Å². The van der Waals surface area contributed by atoms with E-state index in [0.29, 0.717) is 5.56 Å². The van der Waals surface area contributed by atoms with Gasteiger partial charge in [-0.05, 0) is 12.5 Å². The number of rotatable bonds is 7. The van der Waals surface area contributed by atoms with Crippen LogP contribution in [-0.4, -0.2) is 41.7 Å². The second kappa shape index (κ2) is 7.34. The van der Waals surface area contributed by atoms with E-state index in [1.54, 1.807) is 13.0 Å². The van der Waals surface area contributed by atoms with Gasteiger partial charge in [0.1, 0.15) is 0 Å². The lowest BCUT2D eigenvalue weighted by Crippen LogP contribution is -2.45. The minimum atomic E-state index is -1.21. The van der Waals surface area contributed by atoms with Crippen LogP contribution in [0.15, 0.2) is 24.3 Å². The molecular weight excluding hydrogens is 280 g/mol. The molecule has 0 saturated carbocycles. The topological polar surface area (TPSA) is 119 Å². The van der Waals surface area contributed by atoms with Crippen molar-refractivity contribution in [1.29, 1.82) is 0 Å². The summed E-state index contributed by atoms with van der Waals surface area (Å²) in [5.74, 6) is -2.47. The van der Waals surface area contributed by atoms with E-state index in [1.165, 1.54) is 25.3 Å². The van der Waals surface area contributed by atoms with E-state index in [9.17, 15) is 19.7 Å². The third-order valence-corrected chi connectivity index (χ3v) is 2.92. The molecule has 0 radical (unpaired) electrons. The Morgan fingerprint density at radius 1 is 1.48 bits per heavy atom. The summed E-state index contributed by atoms with van der Waals surface area (Å²) in [6.07, 6.45) is 0. The van der Waals surface area contributed by atoms with Crippen LogP contribution in [0.4, 0.5) is 5.69 Å². The maximum absolute atomic E-state index is 12.0. The Hall–Kier alpha value is -2.48. The lowest BCUT2D eigenvalue weighted by Gasteiger charge is -2.17. The van der Waals surface area contributed by atoms with Gasteiger partial charge in [0.15, 0.2) is 6.04 Å². The Morgan fingerprint density at radius 2 is 2.14 bits per heavy atom. The third kappa shape index (κ3) is 4.53. The molecule has 0 aliphatic rings. The van der Waals surface area contributed by atoms with Crippen LogP contribution in [0.5, 0.6) is 0 Å². The Morgan fingerprint density at radius 3 is 2.67 bits per heavy atom. The number of methoxy groups -OCH3 is 1. The molecule has 0 saturated heterocycles. The van der Waals surface area contributed by atoms with Crippen molar-refractivity contribution < 1.29 is 24.4 Å². The van der Waals surface area contributed by atoms with Gasteiger partial charge in [0.2, 0.25) is 5.91 Å². The van der Waals surface area contributed by atoms with Crippen LogP contribution in [0.3, 0.4) is 0 Å². The second-order valence-electron chi connectivity index (χ2n) is 4.43. The molecule has 0 aliphatic heterocycles. The van der Waals surface area contributed by atoms with Gasteiger partial charge in [-0.25, -0.2) is 4.79 Å². The highest BCUT2D eigenvalue weighted by atomic mass is 16.6. The number of carboxylic acid groups (broad SMARTS) is 1. The number of non-ortho nitro benzene ring substituents is 1. The number of aliphatic carboxylic acids is 1. The normalized spacial score (nSPS) is 13.2. The minimum Gasteiger partial charge on any atom is -0.480 e. The molecule has 8 nitrogen and oxygen atoms in total. The number of benzene rings is 1. The molecule has 0 spiro atoms. The van der Waals surface area contributed by atoms with Crippen LogP contribution in [0.2, 0.25) is 0 Å². The zero-order valence-corrected chi connectivity index (χ0v) is 11.6. The number of nitrogens with zero attached hydrogens (tertiary/aromatic N) is 1. The van der Waals surface area contributed by atoms with E-state index in [4.69, 9.17) is 9.84 Å². The average molecular weight is 296 g/mol. The molecule has 2 N–H and O–H groups in total. The number of hydrogen-bond acceptors (Lipinski definition) is 5. The first kappa shape index (κ1) is 16.6. The monoisotopic (exact) mass is 296 g/mol. The van der Waals surface area contributed by atoms with Crippen LogP contribution in [-0.2, 0) is 14.3 Å². The van der Waals surface area contributed by atoms with Crippen molar-refractivity contribution in [3.63, 3.8) is 0 Å². The van der Waals surface area contributed by atoms with E-state index < -0.39 is 28.8 Å². The Kier molecular flexibility index (Phi) is 5.79. The first-order chi connectivity index (χ1) is 9.86. The molecule has 8 heteroatoms. The lowest BCUT2D eigenvalue weighted by atomic mass is 9.99. The van der Waals surface area contributed by atoms with Crippen LogP contribution in [0.1, 0.15) is 18.4 Å². The van der Waals surface area contributed by atoms with E-state index >= 15 is 0 Å². The molecule has 0 aliphatic carbocycles. The van der Waals surface area contributed by atoms with Gasteiger partial charge in [-0.15, -0.1) is 0 Å². The summed E-state index contributed by atoms with van der Waals surface area (Å²) in [5.41, 5.74) is 0.307. The first-order valence-electron chi connectivity index (χ1n) is 6.13. The SMILES string of the molecule is COCC(NC(=O)C(C)c1cccc([N+](=O)[O-])c1)C(=O)O. The standard InChI is InChI=1S/C13H16N2O6/c1-8(9-4-3-5-10(6-9)15(19)20)12(16)14-11(7-21-2)13(17)18/h3-6,8,11H,7H2,1-2H3,(H,14,16)(H,17,18). The fourth-order valence-electron chi connectivity index (χ4n) is 1.70. The van der Waals surface area contributed by atoms with E-state index in [2.05, 4.69) is 5.32 Å². The molecule has 1 rings (SSSR count). The smallest absolute Gasteiger partial charge is 0.328 e. The predicted octanol–water partition coefficient (Wildman–Crippen LogP) is 0.914. The van der Waals surface area contributed by atoms with Gasteiger partial charge in [0.05, 0.1) is 17.4 Å². The molecule has 0 fully saturated rings. The second-order valence-corrected chi connectivity index (χ2v) is 4.43. The van der Waals surface area contributed by atoms with Crippen molar-refractivity contribution >= 4 is 17.6 Å². The highest BCUT2D eigenvalue weighted by molar-refractivity contribution is 5.88. The summed E-state index contributed by atoms with van der Waals surface area (Å²) >= 11 is 0. The van der Waals surface area contributed by atoms with E-state index in [1.807, 2.05) is 0 Å². The van der Waals surface area contributed by atoms with Crippen LogP contribution in [0.25, 0.3) is 0 Å². The minimum absolute atomic E-state index is 0.126. The Balaban J connectivity index is 2.84. The van der Waals surface area contributed by atoms with Gasteiger partial charge >= 0.3 is 5.97 Å². The number of carboxylic acids is 1. The highest BCUT2D eigenvalue weighted by Crippen LogP contribution is 2.20. The van der Waals surface area contributed by atoms with Crippen LogP contribution >= 0.6 is 0 Å². The highest BCUT2D eigenvalue weighted by Gasteiger charge is 2.24. The van der Waals surface area contributed by atoms with Crippen LogP contribution in [0, 0.1) is 10.1 Å². The maximum Gasteiger partial charge on any atom is 0.328 e. The molecule has 1 aromatic carbocycles. The summed E-state index contributed by atoms with van der Waals surface area (Å²) in [6.45, 7) is 1.38. The first-order valence-corrected chi connectivity index (χ1v) is 6.13. The molecule has 0 bridgehead atoms. The summed E-state index contributed by atoms with van der Waals surface area (Å²) in [6, 6.07) is 4.49. The van der Waals surface area contributed by atoms with Gasteiger partial charge in [-0.3, -0.25) is 14.9 Å². The number of hydrogen-bond donors (Lipinski definition) is 2. The van der Waals surface area contributed by atoms with Crippen molar-refractivity contribution in [2.75, 3.05) is 13.7 Å². The zero-order chi connectivity index (χ0) is 16.0. The summed E-state index contributed by atoms with van der Waals surface area (Å²) < 4.78 is 4.72. The molecule has 1 aromatic rings. The van der Waals surface area contributed by atoms with Crippen molar-refractivity contribution in [3.8, 4) is 0 Å². The largest absolute Gasteiger partial charge is 0.480 e. The number of carbonyl (C=O) groups excluding carboxylic acids is 1. The zero-order valence-electron chi connectivity index (χ0n) is 11.6. The quantitative estimate of drug-likeness (QED) is 0.570. The average Bonchev–Trinajstić information content (AvgIpc) is 2.45. The van der Waals surface area contributed by atoms with Gasteiger partial charge in [-0.1, -0.05) is 12.1 Å². The summed E-state index contributed by atoms with van der Waals surface area (Å²) in [4.78, 5) is 33.1. The number of amides is 1.